The molecule has 2 aliphatic rings. The van der Waals surface area contributed by atoms with Crippen LogP contribution in [0.2, 0.25) is 0 Å². The predicted octanol–water partition coefficient (Wildman–Crippen LogP) is 5.11. The molecule has 0 spiro atoms. The Morgan fingerprint density at radius 2 is 1.80 bits per heavy atom. The van der Waals surface area contributed by atoms with Crippen molar-refractivity contribution in [2.45, 2.75) is 44.2 Å². The monoisotopic (exact) mass is 549 g/mol. The number of hydrogen-bond donors (Lipinski definition) is 2. The molecule has 2 N–H and O–H groups in total. The van der Waals surface area contributed by atoms with Crippen LogP contribution in [0.1, 0.15) is 41.0 Å². The van der Waals surface area contributed by atoms with Crippen LogP contribution in [0.5, 0.6) is 5.75 Å². The number of piperidine rings is 1. The van der Waals surface area contributed by atoms with E-state index in [0.29, 0.717) is 25.0 Å². The molecule has 0 radical (unpaired) electrons. The smallest absolute Gasteiger partial charge is 0.229 e. The fraction of sp³-hybridized carbons (Fsp3) is 0.364. The number of nitrogens with one attached hydrogen (secondary N) is 2. The van der Waals surface area contributed by atoms with Gasteiger partial charge in [0.15, 0.2) is 17.0 Å². The van der Waals surface area contributed by atoms with E-state index in [1.807, 2.05) is 16.7 Å². The molecule has 1 aliphatic carbocycles. The minimum absolute atomic E-state index is 0.321. The number of methoxy groups -OCH3 is 1. The van der Waals surface area contributed by atoms with Gasteiger partial charge in [0, 0.05) is 44.7 Å². The first-order chi connectivity index (χ1) is 20.2. The number of allylic oxidation sites excluding steroid dienone is 1. The fourth-order valence-electron chi connectivity index (χ4n) is 6.23. The molecule has 1 atom stereocenters. The summed E-state index contributed by atoms with van der Waals surface area (Å²) in [6.45, 7) is 11.7. The topological polar surface area (TPSA) is 80.1 Å². The van der Waals surface area contributed by atoms with Crippen LogP contribution in [0.25, 0.3) is 11.2 Å². The lowest BCUT2D eigenvalue weighted by Gasteiger charge is -2.33. The zero-order valence-corrected chi connectivity index (χ0v) is 23.9. The van der Waals surface area contributed by atoms with Gasteiger partial charge in [-0.3, -0.25) is 0 Å². The van der Waals surface area contributed by atoms with Crippen LogP contribution < -0.4 is 20.3 Å². The van der Waals surface area contributed by atoms with Crippen LogP contribution in [-0.2, 0) is 19.4 Å². The summed E-state index contributed by atoms with van der Waals surface area (Å²) >= 11 is 0. The second kappa shape index (κ2) is 12.1. The van der Waals surface area contributed by atoms with Gasteiger partial charge in [0.25, 0.3) is 0 Å². The number of rotatable bonds is 10. The van der Waals surface area contributed by atoms with Gasteiger partial charge < -0.3 is 24.8 Å². The normalized spacial score (nSPS) is 17.0. The van der Waals surface area contributed by atoms with Crippen molar-refractivity contribution in [2.24, 2.45) is 0 Å². The second-order valence-corrected chi connectivity index (χ2v) is 10.9. The van der Waals surface area contributed by atoms with E-state index in [4.69, 9.17) is 14.7 Å². The molecule has 0 amide bonds. The molecule has 212 valence electrons. The maximum Gasteiger partial charge on any atom is 0.229 e. The van der Waals surface area contributed by atoms with E-state index >= 15 is 0 Å². The van der Waals surface area contributed by atoms with Crippen LogP contribution >= 0.6 is 0 Å². The van der Waals surface area contributed by atoms with Crippen molar-refractivity contribution in [1.82, 2.24) is 24.8 Å². The number of aromatic nitrogens is 4. The highest BCUT2D eigenvalue weighted by Gasteiger charge is 2.27. The Morgan fingerprint density at radius 1 is 1.00 bits per heavy atom. The number of anilines is 2. The summed E-state index contributed by atoms with van der Waals surface area (Å²) in [5, 5.41) is 7.29. The Morgan fingerprint density at radius 3 is 2.61 bits per heavy atom. The van der Waals surface area contributed by atoms with E-state index in [0.717, 1.165) is 74.0 Å². The molecule has 0 saturated carbocycles. The number of ether oxygens (including phenoxy) is 1. The molecule has 4 aromatic rings. The summed E-state index contributed by atoms with van der Waals surface area (Å²) in [7, 11) is 1.75. The molecule has 8 heteroatoms. The van der Waals surface area contributed by atoms with Crippen LogP contribution in [0.3, 0.4) is 0 Å². The minimum atomic E-state index is 0.321. The van der Waals surface area contributed by atoms with Crippen LogP contribution in [0, 0.1) is 0 Å². The van der Waals surface area contributed by atoms with Gasteiger partial charge in [0.1, 0.15) is 5.75 Å². The van der Waals surface area contributed by atoms with Gasteiger partial charge in [-0.1, -0.05) is 42.5 Å². The van der Waals surface area contributed by atoms with Crippen molar-refractivity contribution in [3.8, 4) is 5.75 Å². The lowest BCUT2D eigenvalue weighted by molar-refractivity contribution is 0.406. The summed E-state index contributed by atoms with van der Waals surface area (Å²) in [5.41, 5.74) is 7.30. The van der Waals surface area contributed by atoms with Crippen LogP contribution in [0.15, 0.2) is 74.1 Å². The third-order valence-corrected chi connectivity index (χ3v) is 8.40. The Bertz CT molecular complexity index is 1540. The van der Waals surface area contributed by atoms with Crippen LogP contribution in [-0.4, -0.2) is 58.8 Å². The molecular formula is C33H39N7O. The highest BCUT2D eigenvalue weighted by molar-refractivity contribution is 5.84. The van der Waals surface area contributed by atoms with Crippen molar-refractivity contribution in [3.05, 3.63) is 96.4 Å². The fourth-order valence-corrected chi connectivity index (χ4v) is 6.23. The van der Waals surface area contributed by atoms with Crippen molar-refractivity contribution in [3.63, 3.8) is 0 Å². The van der Waals surface area contributed by atoms with Gasteiger partial charge in [-0.15, -0.1) is 13.2 Å². The van der Waals surface area contributed by atoms with Crippen molar-refractivity contribution in [2.75, 3.05) is 43.5 Å². The summed E-state index contributed by atoms with van der Waals surface area (Å²) in [5.74, 6) is 2.75. The first kappa shape index (κ1) is 27.0. The van der Waals surface area contributed by atoms with Crippen molar-refractivity contribution >= 4 is 22.9 Å². The maximum atomic E-state index is 5.55. The van der Waals surface area contributed by atoms with E-state index in [-0.39, 0.29) is 0 Å². The number of imidazole rings is 1. The number of fused-ring (bicyclic) bond motifs is 3. The lowest BCUT2D eigenvalue weighted by atomic mass is 9.87. The van der Waals surface area contributed by atoms with Gasteiger partial charge >= 0.3 is 0 Å². The quantitative estimate of drug-likeness (QED) is 0.266. The van der Waals surface area contributed by atoms with Gasteiger partial charge in [-0.25, -0.2) is 4.98 Å². The van der Waals surface area contributed by atoms with E-state index in [1.54, 1.807) is 13.4 Å². The average molecular weight is 550 g/mol. The van der Waals surface area contributed by atoms with Gasteiger partial charge in [0.05, 0.1) is 13.4 Å². The summed E-state index contributed by atoms with van der Waals surface area (Å²) < 4.78 is 7.56. The van der Waals surface area contributed by atoms with E-state index in [1.165, 1.54) is 22.3 Å². The second-order valence-electron chi connectivity index (χ2n) is 10.9. The van der Waals surface area contributed by atoms with Gasteiger partial charge in [0.2, 0.25) is 5.95 Å². The molecule has 6 rings (SSSR count). The van der Waals surface area contributed by atoms with Gasteiger partial charge in [-0.2, -0.15) is 9.97 Å². The predicted molar refractivity (Wildman–Crippen MR) is 166 cm³/mol. The third kappa shape index (κ3) is 5.57. The zero-order chi connectivity index (χ0) is 28.2. The molecule has 41 heavy (non-hydrogen) atoms. The summed E-state index contributed by atoms with van der Waals surface area (Å²) in [6.07, 6.45) is 9.66. The van der Waals surface area contributed by atoms with Crippen molar-refractivity contribution in [1.29, 1.82) is 0 Å². The Labute approximate surface area is 242 Å². The molecule has 1 fully saturated rings. The molecule has 1 saturated heterocycles. The minimum Gasteiger partial charge on any atom is -0.497 e. The first-order valence-corrected chi connectivity index (χ1v) is 14.6. The molecule has 3 heterocycles. The third-order valence-electron chi connectivity index (χ3n) is 8.40. The van der Waals surface area contributed by atoms with Gasteiger partial charge in [-0.05, 0) is 60.1 Å². The largest absolute Gasteiger partial charge is 0.497 e. The first-order valence-electron chi connectivity index (χ1n) is 14.6. The Hall–Kier alpha value is -4.17. The number of aryl methyl sites for hydroxylation is 2. The SMILES string of the molecule is C=CCNc1nc(N2CCC(NCC3c4ccccc4CCc4cc(OC)ccc43)CC2)nc2c1ncn2CC=C. The molecule has 1 unspecified atom stereocenters. The number of benzene rings is 2. The summed E-state index contributed by atoms with van der Waals surface area (Å²) in [4.78, 5) is 16.7. The van der Waals surface area contributed by atoms with Crippen molar-refractivity contribution < 1.29 is 4.74 Å². The van der Waals surface area contributed by atoms with E-state index in [2.05, 4.69) is 76.1 Å². The summed E-state index contributed by atoms with van der Waals surface area (Å²) in [6, 6.07) is 16.0. The molecule has 2 aromatic carbocycles. The Kier molecular flexibility index (Phi) is 8.00. The zero-order valence-electron chi connectivity index (χ0n) is 23.9. The average Bonchev–Trinajstić information content (AvgIpc) is 3.35. The van der Waals surface area contributed by atoms with E-state index < -0.39 is 0 Å². The number of hydrogen-bond acceptors (Lipinski definition) is 7. The highest BCUT2D eigenvalue weighted by Crippen LogP contribution is 2.36. The molecular weight excluding hydrogens is 510 g/mol. The molecule has 2 aromatic heterocycles. The highest BCUT2D eigenvalue weighted by atomic mass is 16.5. The van der Waals surface area contributed by atoms with E-state index in [9.17, 15) is 0 Å². The molecule has 1 aliphatic heterocycles. The lowest BCUT2D eigenvalue weighted by Crippen LogP contribution is -2.44. The number of nitrogens with zero attached hydrogens (tertiary/aromatic N) is 5. The Balaban J connectivity index is 1.17. The molecule has 8 nitrogen and oxygen atoms in total. The molecule has 0 bridgehead atoms. The maximum absolute atomic E-state index is 5.55. The van der Waals surface area contributed by atoms with Crippen LogP contribution in [0.4, 0.5) is 11.8 Å². The standard InChI is InChI=1S/C33H39N7O/c1-4-16-34-31-30-32(40(17-5-2)22-36-30)38-33(37-31)39-18-14-25(15-19-39)35-21-29-27-9-7-6-8-23(27)10-11-24-20-26(41-3)12-13-28(24)29/h4-9,12-13,20,22,25,29,35H,1-2,10-11,14-19,21H2,3H3,(H,34,37,38).